The van der Waals surface area contributed by atoms with Gasteiger partial charge in [-0.15, -0.1) is 0 Å². The van der Waals surface area contributed by atoms with Crippen molar-refractivity contribution in [2.45, 2.75) is 91.1 Å². The van der Waals surface area contributed by atoms with Crippen molar-refractivity contribution >= 4 is 24.6 Å². The summed E-state index contributed by atoms with van der Waals surface area (Å²) in [6.07, 6.45) is 1.16. The van der Waals surface area contributed by atoms with E-state index in [0.29, 0.717) is 18.7 Å². The van der Waals surface area contributed by atoms with Crippen LogP contribution in [0, 0.1) is 6.92 Å². The first kappa shape index (κ1) is 24.6. The Kier molecular flexibility index (Phi) is 6.69. The van der Waals surface area contributed by atoms with Crippen LogP contribution in [-0.2, 0) is 14.0 Å². The SMILES string of the molecule is Cc1cccc(C(=O)N2CCC[C@H](NC(=O)OC(C)(C)C)C2)c1B1OC(C)(C)C(C)(C)O1. The van der Waals surface area contributed by atoms with E-state index in [1.165, 1.54) is 0 Å². The van der Waals surface area contributed by atoms with Crippen LogP contribution < -0.4 is 10.8 Å². The van der Waals surface area contributed by atoms with E-state index in [0.717, 1.165) is 23.9 Å². The van der Waals surface area contributed by atoms with Gasteiger partial charge in [0, 0.05) is 24.7 Å². The number of rotatable bonds is 3. The van der Waals surface area contributed by atoms with Gasteiger partial charge in [-0.1, -0.05) is 17.7 Å². The Morgan fingerprint density at radius 2 is 1.78 bits per heavy atom. The highest BCUT2D eigenvalue weighted by molar-refractivity contribution is 6.64. The summed E-state index contributed by atoms with van der Waals surface area (Å²) in [6, 6.07) is 5.55. The lowest BCUT2D eigenvalue weighted by Crippen LogP contribution is -2.52. The molecule has 3 rings (SSSR count). The minimum atomic E-state index is -0.611. The number of nitrogens with zero attached hydrogens (tertiary/aromatic N) is 1. The fraction of sp³-hybridized carbons (Fsp3) is 0.667. The van der Waals surface area contributed by atoms with E-state index in [4.69, 9.17) is 14.0 Å². The first-order valence-electron chi connectivity index (χ1n) is 11.4. The largest absolute Gasteiger partial charge is 0.495 e. The first-order chi connectivity index (χ1) is 14.7. The molecule has 0 saturated carbocycles. The number of carbonyl (C=O) groups is 2. The lowest BCUT2D eigenvalue weighted by atomic mass is 9.73. The zero-order chi connectivity index (χ0) is 23.9. The van der Waals surface area contributed by atoms with Crippen LogP contribution in [-0.4, -0.2) is 60.0 Å². The number of hydrogen-bond acceptors (Lipinski definition) is 5. The molecule has 8 heteroatoms. The molecule has 1 aromatic rings. The van der Waals surface area contributed by atoms with E-state index in [9.17, 15) is 9.59 Å². The maximum Gasteiger partial charge on any atom is 0.495 e. The molecule has 1 N–H and O–H groups in total. The Hall–Kier alpha value is -2.06. The van der Waals surface area contributed by atoms with Gasteiger partial charge in [0.05, 0.1) is 11.2 Å². The molecule has 2 heterocycles. The average molecular weight is 444 g/mol. The molecular formula is C24H37BN2O5. The molecule has 2 aliphatic rings. The Bertz CT molecular complexity index is 862. The summed E-state index contributed by atoms with van der Waals surface area (Å²) in [7, 11) is -0.611. The number of amides is 2. The van der Waals surface area contributed by atoms with E-state index in [2.05, 4.69) is 5.32 Å². The molecule has 0 aliphatic carbocycles. The molecule has 0 radical (unpaired) electrons. The number of hydrogen-bond donors (Lipinski definition) is 1. The molecule has 1 aromatic carbocycles. The van der Waals surface area contributed by atoms with Crippen molar-refractivity contribution in [3.8, 4) is 0 Å². The predicted octanol–water partition coefficient (Wildman–Crippen LogP) is 3.42. The molecular weight excluding hydrogens is 407 g/mol. The van der Waals surface area contributed by atoms with Gasteiger partial charge in [0.2, 0.25) is 0 Å². The minimum Gasteiger partial charge on any atom is -0.444 e. The zero-order valence-electron chi connectivity index (χ0n) is 20.7. The molecule has 7 nitrogen and oxygen atoms in total. The molecule has 176 valence electrons. The van der Waals surface area contributed by atoms with Crippen molar-refractivity contribution in [3.05, 3.63) is 29.3 Å². The second kappa shape index (κ2) is 8.71. The number of likely N-dealkylation sites (tertiary alicyclic amines) is 1. The van der Waals surface area contributed by atoms with Gasteiger partial charge in [-0.25, -0.2) is 4.79 Å². The average Bonchev–Trinajstić information content (AvgIpc) is 2.86. The van der Waals surface area contributed by atoms with Crippen LogP contribution in [0.25, 0.3) is 0 Å². The van der Waals surface area contributed by atoms with Crippen LogP contribution in [0.1, 0.15) is 77.2 Å². The normalized spacial score (nSPS) is 22.6. The third kappa shape index (κ3) is 5.29. The standard InChI is InChI=1S/C24H37BN2O5/c1-16-11-9-13-18(19(16)25-31-23(5,6)24(7,8)32-25)20(28)27-14-10-12-17(15-27)26-21(29)30-22(2,3)4/h9,11,13,17H,10,12,14-15H2,1-8H3,(H,26,29)/t17-/m0/s1. The van der Waals surface area contributed by atoms with Crippen molar-refractivity contribution in [1.82, 2.24) is 10.2 Å². The molecule has 2 saturated heterocycles. The predicted molar refractivity (Wildman–Crippen MR) is 125 cm³/mol. The Balaban J connectivity index is 1.78. The summed E-state index contributed by atoms with van der Waals surface area (Å²) in [5.41, 5.74) is 0.768. The van der Waals surface area contributed by atoms with Gasteiger partial charge in [0.15, 0.2) is 0 Å². The summed E-state index contributed by atoms with van der Waals surface area (Å²) < 4.78 is 17.9. The highest BCUT2D eigenvalue weighted by atomic mass is 16.7. The topological polar surface area (TPSA) is 77.1 Å². The van der Waals surface area contributed by atoms with Gasteiger partial charge < -0.3 is 24.3 Å². The Labute approximate surface area is 192 Å². The summed E-state index contributed by atoms with van der Waals surface area (Å²) in [4.78, 5) is 27.6. The number of alkyl carbamates (subject to hydrolysis) is 1. The molecule has 2 aliphatic heterocycles. The van der Waals surface area contributed by atoms with Crippen molar-refractivity contribution < 1.29 is 23.6 Å². The van der Waals surface area contributed by atoms with E-state index < -0.39 is 30.0 Å². The molecule has 32 heavy (non-hydrogen) atoms. The fourth-order valence-corrected chi connectivity index (χ4v) is 4.06. The maximum absolute atomic E-state index is 13.6. The summed E-state index contributed by atoms with van der Waals surface area (Å²) in [5, 5.41) is 2.91. The van der Waals surface area contributed by atoms with E-state index >= 15 is 0 Å². The summed E-state index contributed by atoms with van der Waals surface area (Å²) in [5.74, 6) is -0.0749. The van der Waals surface area contributed by atoms with Gasteiger partial charge in [0.25, 0.3) is 5.91 Å². The highest BCUT2D eigenvalue weighted by Crippen LogP contribution is 2.37. The number of carbonyl (C=O) groups excluding carboxylic acids is 2. The number of piperidine rings is 1. The van der Waals surface area contributed by atoms with Gasteiger partial charge in [-0.3, -0.25) is 4.79 Å². The molecule has 0 bridgehead atoms. The Morgan fingerprint density at radius 3 is 2.38 bits per heavy atom. The molecule has 2 amide bonds. The van der Waals surface area contributed by atoms with Crippen molar-refractivity contribution in [2.75, 3.05) is 13.1 Å². The second-order valence-electron chi connectivity index (χ2n) is 10.9. The molecule has 2 fully saturated rings. The molecule has 0 aromatic heterocycles. The quantitative estimate of drug-likeness (QED) is 0.723. The van der Waals surface area contributed by atoms with Crippen LogP contribution in [0.5, 0.6) is 0 Å². The zero-order valence-corrected chi connectivity index (χ0v) is 20.7. The minimum absolute atomic E-state index is 0.0749. The second-order valence-corrected chi connectivity index (χ2v) is 10.9. The lowest BCUT2D eigenvalue weighted by molar-refractivity contribution is 0.00578. The first-order valence-corrected chi connectivity index (χ1v) is 11.4. The van der Waals surface area contributed by atoms with Crippen LogP contribution in [0.15, 0.2) is 18.2 Å². The Morgan fingerprint density at radius 1 is 1.16 bits per heavy atom. The van der Waals surface area contributed by atoms with Crippen LogP contribution in [0.3, 0.4) is 0 Å². The monoisotopic (exact) mass is 444 g/mol. The highest BCUT2D eigenvalue weighted by Gasteiger charge is 2.53. The van der Waals surface area contributed by atoms with Crippen molar-refractivity contribution in [3.63, 3.8) is 0 Å². The maximum atomic E-state index is 13.6. The van der Waals surface area contributed by atoms with Gasteiger partial charge >= 0.3 is 13.2 Å². The molecule has 0 unspecified atom stereocenters. The van der Waals surface area contributed by atoms with E-state index in [1.54, 1.807) is 4.90 Å². The van der Waals surface area contributed by atoms with Gasteiger partial charge in [-0.2, -0.15) is 0 Å². The summed E-state index contributed by atoms with van der Waals surface area (Å²) >= 11 is 0. The van der Waals surface area contributed by atoms with Crippen LogP contribution >= 0.6 is 0 Å². The molecule has 0 spiro atoms. The number of ether oxygens (including phenoxy) is 1. The fourth-order valence-electron chi connectivity index (χ4n) is 4.06. The third-order valence-electron chi connectivity index (χ3n) is 6.47. The van der Waals surface area contributed by atoms with Crippen LogP contribution in [0.4, 0.5) is 4.79 Å². The van der Waals surface area contributed by atoms with Crippen molar-refractivity contribution in [1.29, 1.82) is 0 Å². The number of benzene rings is 1. The van der Waals surface area contributed by atoms with Crippen molar-refractivity contribution in [2.24, 2.45) is 0 Å². The molecule has 1 atom stereocenters. The number of aryl methyl sites for hydroxylation is 1. The van der Waals surface area contributed by atoms with Gasteiger partial charge in [0.1, 0.15) is 5.60 Å². The number of nitrogens with one attached hydrogen (secondary N) is 1. The van der Waals surface area contributed by atoms with E-state index in [-0.39, 0.29) is 11.9 Å². The summed E-state index contributed by atoms with van der Waals surface area (Å²) in [6.45, 7) is 16.6. The van der Waals surface area contributed by atoms with E-state index in [1.807, 2.05) is 73.6 Å². The third-order valence-corrected chi connectivity index (χ3v) is 6.47. The lowest BCUT2D eigenvalue weighted by Gasteiger charge is -2.34. The van der Waals surface area contributed by atoms with Gasteiger partial charge in [-0.05, 0) is 79.8 Å². The smallest absolute Gasteiger partial charge is 0.444 e. The van der Waals surface area contributed by atoms with Crippen LogP contribution in [0.2, 0.25) is 0 Å².